The largest absolute Gasteiger partial charge is 0.333 e. The van der Waals surface area contributed by atoms with Crippen LogP contribution < -0.4 is 0 Å². The van der Waals surface area contributed by atoms with Crippen LogP contribution in [0.1, 0.15) is 17.3 Å². The number of para-hydroxylation sites is 2. The highest BCUT2D eigenvalue weighted by molar-refractivity contribution is 7.99. The van der Waals surface area contributed by atoms with Gasteiger partial charge in [0.15, 0.2) is 10.9 Å². The van der Waals surface area contributed by atoms with Crippen LogP contribution in [-0.2, 0) is 0 Å². The number of Topliss-reactive ketones (excluding diaryl/α,β-unsaturated/α-hetero) is 1. The van der Waals surface area contributed by atoms with Gasteiger partial charge in [-0.2, -0.15) is 0 Å². The number of nitro groups is 1. The summed E-state index contributed by atoms with van der Waals surface area (Å²) in [6.07, 6.45) is 0. The second-order valence-corrected chi connectivity index (χ2v) is 5.69. The lowest BCUT2D eigenvalue weighted by Crippen LogP contribution is -1.97. The van der Waals surface area contributed by atoms with Crippen LogP contribution in [-0.4, -0.2) is 20.7 Å². The Kier molecular flexibility index (Phi) is 3.64. The Morgan fingerprint density at radius 1 is 1.27 bits per heavy atom. The van der Waals surface area contributed by atoms with E-state index in [1.807, 2.05) is 24.3 Å². The number of nitro benzene ring substituents is 1. The third kappa shape index (κ3) is 2.71. The number of hydrogen-bond donors (Lipinski definition) is 1. The fraction of sp³-hybridized carbons (Fsp3) is 0.0667. The molecule has 3 rings (SSSR count). The minimum Gasteiger partial charge on any atom is -0.333 e. The SMILES string of the molecule is CC(=O)c1ccc(Sc2nc3ccccc3[nH]2)c([N+](=O)[O-])c1. The van der Waals surface area contributed by atoms with Crippen molar-refractivity contribution in [2.24, 2.45) is 0 Å². The van der Waals surface area contributed by atoms with Crippen molar-refractivity contribution in [1.29, 1.82) is 0 Å². The van der Waals surface area contributed by atoms with Gasteiger partial charge in [0.1, 0.15) is 0 Å². The number of nitrogens with zero attached hydrogens (tertiary/aromatic N) is 2. The number of benzene rings is 2. The molecule has 1 N–H and O–H groups in total. The van der Waals surface area contributed by atoms with Gasteiger partial charge in [-0.05, 0) is 43.0 Å². The molecule has 0 aliphatic heterocycles. The molecule has 22 heavy (non-hydrogen) atoms. The monoisotopic (exact) mass is 313 g/mol. The normalized spacial score (nSPS) is 10.8. The molecular formula is C15H11N3O3S. The van der Waals surface area contributed by atoms with Crippen LogP contribution in [0.4, 0.5) is 5.69 Å². The fourth-order valence-electron chi connectivity index (χ4n) is 2.05. The van der Waals surface area contributed by atoms with Crippen LogP contribution >= 0.6 is 11.8 Å². The first kappa shape index (κ1) is 14.3. The van der Waals surface area contributed by atoms with Gasteiger partial charge in [-0.3, -0.25) is 14.9 Å². The number of imidazole rings is 1. The van der Waals surface area contributed by atoms with E-state index in [1.54, 1.807) is 12.1 Å². The summed E-state index contributed by atoms with van der Waals surface area (Å²) in [7, 11) is 0. The molecule has 7 heteroatoms. The number of carbonyl (C=O) groups is 1. The number of carbonyl (C=O) groups excluding carboxylic acids is 1. The molecule has 0 aliphatic rings. The zero-order valence-electron chi connectivity index (χ0n) is 11.6. The Labute approximate surface area is 129 Å². The van der Waals surface area contributed by atoms with E-state index in [4.69, 9.17) is 0 Å². The zero-order chi connectivity index (χ0) is 15.7. The summed E-state index contributed by atoms with van der Waals surface area (Å²) in [5, 5.41) is 11.8. The average molecular weight is 313 g/mol. The maximum absolute atomic E-state index is 11.4. The summed E-state index contributed by atoms with van der Waals surface area (Å²) >= 11 is 1.17. The van der Waals surface area contributed by atoms with Crippen LogP contribution in [0.5, 0.6) is 0 Å². The van der Waals surface area contributed by atoms with Crippen molar-refractivity contribution in [2.75, 3.05) is 0 Å². The lowest BCUT2D eigenvalue weighted by molar-refractivity contribution is -0.387. The van der Waals surface area contributed by atoms with Gasteiger partial charge < -0.3 is 4.98 Å². The molecule has 1 heterocycles. The maximum atomic E-state index is 11.4. The molecule has 0 atom stereocenters. The van der Waals surface area contributed by atoms with E-state index in [2.05, 4.69) is 9.97 Å². The Bertz CT molecular complexity index is 856. The van der Waals surface area contributed by atoms with Crippen LogP contribution in [0, 0.1) is 10.1 Å². The topological polar surface area (TPSA) is 88.9 Å². The minimum atomic E-state index is -0.489. The Morgan fingerprint density at radius 3 is 2.73 bits per heavy atom. The van der Waals surface area contributed by atoms with Gasteiger partial charge in [0.2, 0.25) is 0 Å². The molecule has 0 bridgehead atoms. The van der Waals surface area contributed by atoms with E-state index in [0.717, 1.165) is 11.0 Å². The van der Waals surface area contributed by atoms with Crippen LogP contribution in [0.2, 0.25) is 0 Å². The van der Waals surface area contributed by atoms with E-state index < -0.39 is 4.92 Å². The predicted octanol–water partition coefficient (Wildman–Crippen LogP) is 3.82. The lowest BCUT2D eigenvalue weighted by atomic mass is 10.1. The van der Waals surface area contributed by atoms with Crippen molar-refractivity contribution < 1.29 is 9.72 Å². The number of ketones is 1. The van der Waals surface area contributed by atoms with E-state index in [0.29, 0.717) is 15.6 Å². The van der Waals surface area contributed by atoms with Crippen molar-refractivity contribution in [3.05, 3.63) is 58.1 Å². The van der Waals surface area contributed by atoms with E-state index in [1.165, 1.54) is 24.8 Å². The highest BCUT2D eigenvalue weighted by Crippen LogP contribution is 2.34. The summed E-state index contributed by atoms with van der Waals surface area (Å²) in [5.74, 6) is -0.205. The Hall–Kier alpha value is -2.67. The molecule has 0 unspecified atom stereocenters. The average Bonchev–Trinajstić information content (AvgIpc) is 2.89. The van der Waals surface area contributed by atoms with Gasteiger partial charge in [0, 0.05) is 11.6 Å². The second kappa shape index (κ2) is 5.61. The van der Waals surface area contributed by atoms with Crippen molar-refractivity contribution in [3.63, 3.8) is 0 Å². The molecule has 110 valence electrons. The summed E-state index contributed by atoms with van der Waals surface area (Å²) in [6.45, 7) is 1.38. The Balaban J connectivity index is 2.00. The van der Waals surface area contributed by atoms with Crippen molar-refractivity contribution in [3.8, 4) is 0 Å². The number of rotatable bonds is 4. The summed E-state index contributed by atoms with van der Waals surface area (Å²) in [6, 6.07) is 12.0. The molecule has 0 radical (unpaired) electrons. The number of H-pyrrole nitrogens is 1. The van der Waals surface area contributed by atoms with E-state index in [9.17, 15) is 14.9 Å². The Morgan fingerprint density at radius 2 is 2.05 bits per heavy atom. The van der Waals surface area contributed by atoms with Crippen LogP contribution in [0.25, 0.3) is 11.0 Å². The molecule has 0 spiro atoms. The molecule has 0 amide bonds. The van der Waals surface area contributed by atoms with E-state index in [-0.39, 0.29) is 11.5 Å². The number of fused-ring (bicyclic) bond motifs is 1. The van der Waals surface area contributed by atoms with Crippen molar-refractivity contribution >= 4 is 34.3 Å². The maximum Gasteiger partial charge on any atom is 0.284 e. The first-order valence-corrected chi connectivity index (χ1v) is 7.28. The molecule has 0 fully saturated rings. The fourth-order valence-corrected chi connectivity index (χ4v) is 2.93. The molecule has 6 nitrogen and oxygen atoms in total. The first-order chi connectivity index (χ1) is 10.5. The van der Waals surface area contributed by atoms with E-state index >= 15 is 0 Å². The van der Waals surface area contributed by atoms with Crippen molar-refractivity contribution in [2.45, 2.75) is 17.0 Å². The molecule has 3 aromatic rings. The number of aromatic amines is 1. The summed E-state index contributed by atoms with van der Waals surface area (Å²) in [4.78, 5) is 30.0. The summed E-state index contributed by atoms with van der Waals surface area (Å²) in [5.41, 5.74) is 1.89. The van der Waals surface area contributed by atoms with Gasteiger partial charge in [-0.15, -0.1) is 0 Å². The third-order valence-electron chi connectivity index (χ3n) is 3.14. The summed E-state index contributed by atoms with van der Waals surface area (Å²) < 4.78 is 0. The van der Waals surface area contributed by atoms with Gasteiger partial charge >= 0.3 is 0 Å². The lowest BCUT2D eigenvalue weighted by Gasteiger charge is -2.02. The highest BCUT2D eigenvalue weighted by Gasteiger charge is 2.18. The number of aromatic nitrogens is 2. The van der Waals surface area contributed by atoms with Gasteiger partial charge in [0.25, 0.3) is 5.69 Å². The standard InChI is InChI=1S/C15H11N3O3S/c1-9(19)10-6-7-14(13(8-10)18(20)21)22-15-16-11-4-2-3-5-12(11)17-15/h2-8H,1H3,(H,16,17). The van der Waals surface area contributed by atoms with Crippen LogP contribution in [0.3, 0.4) is 0 Å². The molecule has 0 aliphatic carbocycles. The van der Waals surface area contributed by atoms with Gasteiger partial charge in [-0.25, -0.2) is 4.98 Å². The van der Waals surface area contributed by atoms with Gasteiger partial charge in [0.05, 0.1) is 20.9 Å². The van der Waals surface area contributed by atoms with Crippen molar-refractivity contribution in [1.82, 2.24) is 9.97 Å². The number of nitrogens with one attached hydrogen (secondary N) is 1. The second-order valence-electron chi connectivity index (χ2n) is 4.66. The zero-order valence-corrected chi connectivity index (χ0v) is 12.4. The molecule has 0 saturated heterocycles. The van der Waals surface area contributed by atoms with Gasteiger partial charge in [-0.1, -0.05) is 12.1 Å². The minimum absolute atomic E-state index is 0.0989. The predicted molar refractivity (Wildman–Crippen MR) is 83.3 cm³/mol. The first-order valence-electron chi connectivity index (χ1n) is 6.46. The van der Waals surface area contributed by atoms with Crippen LogP contribution in [0.15, 0.2) is 52.5 Å². The quantitative estimate of drug-likeness (QED) is 0.449. The molecule has 0 saturated carbocycles. The molecule has 2 aromatic carbocycles. The molecular weight excluding hydrogens is 302 g/mol. The molecule has 1 aromatic heterocycles. The number of hydrogen-bond acceptors (Lipinski definition) is 5. The third-order valence-corrected chi connectivity index (χ3v) is 4.09. The highest BCUT2D eigenvalue weighted by atomic mass is 32.2. The smallest absolute Gasteiger partial charge is 0.284 e.